The predicted octanol–water partition coefficient (Wildman–Crippen LogP) is 8.77. The van der Waals surface area contributed by atoms with Crippen LogP contribution in [0.15, 0.2) is 115 Å². The summed E-state index contributed by atoms with van der Waals surface area (Å²) in [4.78, 5) is 7.15. The quantitative estimate of drug-likeness (QED) is 0.262. The van der Waals surface area contributed by atoms with E-state index in [1.54, 1.807) is 11.3 Å². The van der Waals surface area contributed by atoms with Gasteiger partial charge < -0.3 is 10.2 Å². The average Bonchev–Trinajstić information content (AvgIpc) is 3.35. The Bertz CT molecular complexity index is 1330. The van der Waals surface area contributed by atoms with E-state index in [-0.39, 0.29) is 0 Å². The number of aromatic nitrogens is 1. The highest BCUT2D eigenvalue weighted by Crippen LogP contribution is 2.32. The number of rotatable bonds is 7. The zero-order valence-electron chi connectivity index (χ0n) is 19.3. The molecular formula is C30H27N3S. The molecule has 168 valence electrons. The van der Waals surface area contributed by atoms with Crippen LogP contribution in [0.2, 0.25) is 0 Å². The number of hydrogen-bond donors (Lipinski definition) is 1. The minimum Gasteiger partial charge on any atom is -0.339 e. The van der Waals surface area contributed by atoms with E-state index in [2.05, 4.69) is 133 Å². The molecule has 0 unspecified atom stereocenters. The molecule has 0 atom stereocenters. The van der Waals surface area contributed by atoms with E-state index in [0.29, 0.717) is 6.04 Å². The van der Waals surface area contributed by atoms with Crippen LogP contribution in [0.3, 0.4) is 0 Å². The third-order valence-electron chi connectivity index (χ3n) is 5.74. The highest BCUT2D eigenvalue weighted by Gasteiger charge is 2.13. The first-order valence-corrected chi connectivity index (χ1v) is 12.4. The molecule has 0 spiro atoms. The van der Waals surface area contributed by atoms with E-state index in [9.17, 15) is 0 Å². The van der Waals surface area contributed by atoms with Crippen molar-refractivity contribution in [3.8, 4) is 22.4 Å². The molecule has 0 amide bonds. The van der Waals surface area contributed by atoms with Crippen molar-refractivity contribution in [1.29, 1.82) is 0 Å². The van der Waals surface area contributed by atoms with Crippen LogP contribution in [0.4, 0.5) is 22.2 Å². The number of para-hydroxylation sites is 1. The highest BCUT2D eigenvalue weighted by atomic mass is 32.1. The van der Waals surface area contributed by atoms with Crippen LogP contribution in [0, 0.1) is 0 Å². The van der Waals surface area contributed by atoms with Crippen molar-refractivity contribution in [3.05, 3.63) is 115 Å². The zero-order valence-corrected chi connectivity index (χ0v) is 20.2. The van der Waals surface area contributed by atoms with Gasteiger partial charge in [0.2, 0.25) is 0 Å². The molecule has 1 N–H and O–H groups in total. The van der Waals surface area contributed by atoms with Crippen LogP contribution in [0.25, 0.3) is 22.4 Å². The fourth-order valence-corrected chi connectivity index (χ4v) is 4.83. The van der Waals surface area contributed by atoms with Crippen LogP contribution in [-0.2, 0) is 0 Å². The normalized spacial score (nSPS) is 10.9. The van der Waals surface area contributed by atoms with Gasteiger partial charge >= 0.3 is 0 Å². The molecule has 0 aliphatic rings. The topological polar surface area (TPSA) is 28.2 Å². The third kappa shape index (κ3) is 4.87. The Morgan fingerprint density at radius 2 is 1.21 bits per heavy atom. The van der Waals surface area contributed by atoms with Gasteiger partial charge in [0.05, 0.1) is 5.69 Å². The molecule has 0 aliphatic heterocycles. The maximum atomic E-state index is 4.81. The molecule has 0 aliphatic carbocycles. The minimum atomic E-state index is 0.357. The van der Waals surface area contributed by atoms with Crippen molar-refractivity contribution in [1.82, 2.24) is 4.98 Å². The summed E-state index contributed by atoms with van der Waals surface area (Å²) in [5, 5.41) is 6.44. The standard InChI is InChI=1S/C30H27N3S/c1-22(2)33(27-11-7-4-8-12-27)28-19-17-26(18-20-28)31-30-32-29(21-34-30)25-15-13-24(14-16-25)23-9-5-3-6-10-23/h3-22H,1-2H3,(H,31,32). The SMILES string of the molecule is CC(C)N(c1ccccc1)c1ccc(Nc2nc(-c3ccc(-c4ccccc4)cc3)cs2)cc1. The van der Waals surface area contributed by atoms with E-state index in [4.69, 9.17) is 4.98 Å². The van der Waals surface area contributed by atoms with Gasteiger partial charge in [0.15, 0.2) is 5.13 Å². The maximum Gasteiger partial charge on any atom is 0.187 e. The maximum absolute atomic E-state index is 4.81. The Hall–Kier alpha value is -3.89. The summed E-state index contributed by atoms with van der Waals surface area (Å²) in [6.07, 6.45) is 0. The highest BCUT2D eigenvalue weighted by molar-refractivity contribution is 7.14. The van der Waals surface area contributed by atoms with Crippen molar-refractivity contribution in [3.63, 3.8) is 0 Å². The summed E-state index contributed by atoms with van der Waals surface area (Å²) in [6.45, 7) is 4.42. The smallest absolute Gasteiger partial charge is 0.187 e. The monoisotopic (exact) mass is 461 g/mol. The van der Waals surface area contributed by atoms with Crippen molar-refractivity contribution in [2.75, 3.05) is 10.2 Å². The molecule has 0 saturated carbocycles. The second kappa shape index (κ2) is 9.94. The van der Waals surface area contributed by atoms with Gasteiger partial charge in [0, 0.05) is 34.0 Å². The molecule has 5 aromatic rings. The van der Waals surface area contributed by atoms with Gasteiger partial charge in [-0.2, -0.15) is 0 Å². The number of thiazole rings is 1. The Labute approximate surface area is 205 Å². The van der Waals surface area contributed by atoms with Crippen molar-refractivity contribution >= 4 is 33.5 Å². The molecule has 1 heterocycles. The van der Waals surface area contributed by atoms with Crippen molar-refractivity contribution in [2.24, 2.45) is 0 Å². The number of benzene rings is 4. The van der Waals surface area contributed by atoms with Gasteiger partial charge in [0.1, 0.15) is 0 Å². The fraction of sp³-hybridized carbons (Fsp3) is 0.100. The molecule has 0 bridgehead atoms. The summed E-state index contributed by atoms with van der Waals surface area (Å²) in [6, 6.07) is 38.4. The van der Waals surface area contributed by atoms with Crippen LogP contribution in [-0.4, -0.2) is 11.0 Å². The molecule has 1 aromatic heterocycles. The van der Waals surface area contributed by atoms with E-state index < -0.39 is 0 Å². The lowest BCUT2D eigenvalue weighted by Crippen LogP contribution is -2.25. The molecule has 5 rings (SSSR count). The van der Waals surface area contributed by atoms with Gasteiger partial charge in [-0.25, -0.2) is 4.98 Å². The largest absolute Gasteiger partial charge is 0.339 e. The van der Waals surface area contributed by atoms with Crippen molar-refractivity contribution in [2.45, 2.75) is 19.9 Å². The number of hydrogen-bond acceptors (Lipinski definition) is 4. The first-order chi connectivity index (χ1) is 16.7. The van der Waals surface area contributed by atoms with Gasteiger partial charge in [-0.05, 0) is 61.4 Å². The number of anilines is 4. The Morgan fingerprint density at radius 3 is 1.85 bits per heavy atom. The van der Waals surface area contributed by atoms with E-state index in [1.807, 2.05) is 6.07 Å². The molecule has 3 nitrogen and oxygen atoms in total. The van der Waals surface area contributed by atoms with Crippen LogP contribution in [0.1, 0.15) is 13.8 Å². The molecule has 34 heavy (non-hydrogen) atoms. The lowest BCUT2D eigenvalue weighted by molar-refractivity contribution is 0.789. The summed E-state index contributed by atoms with van der Waals surface area (Å²) in [5.74, 6) is 0. The van der Waals surface area contributed by atoms with Crippen LogP contribution < -0.4 is 10.2 Å². The number of nitrogens with one attached hydrogen (secondary N) is 1. The first kappa shape index (κ1) is 21.9. The molecule has 4 aromatic carbocycles. The lowest BCUT2D eigenvalue weighted by atomic mass is 10.0. The summed E-state index contributed by atoms with van der Waals surface area (Å²) in [5.41, 5.74) is 7.94. The van der Waals surface area contributed by atoms with E-state index >= 15 is 0 Å². The fourth-order valence-electron chi connectivity index (χ4n) is 4.09. The van der Waals surface area contributed by atoms with E-state index in [1.165, 1.54) is 22.5 Å². The zero-order chi connectivity index (χ0) is 23.3. The molecular weight excluding hydrogens is 434 g/mol. The van der Waals surface area contributed by atoms with Gasteiger partial charge in [-0.1, -0.05) is 72.8 Å². The summed E-state index contributed by atoms with van der Waals surface area (Å²) in [7, 11) is 0. The van der Waals surface area contributed by atoms with Crippen LogP contribution >= 0.6 is 11.3 Å². The van der Waals surface area contributed by atoms with Crippen molar-refractivity contribution < 1.29 is 0 Å². The van der Waals surface area contributed by atoms with Gasteiger partial charge in [-0.3, -0.25) is 0 Å². The third-order valence-corrected chi connectivity index (χ3v) is 6.50. The summed E-state index contributed by atoms with van der Waals surface area (Å²) < 4.78 is 0. The van der Waals surface area contributed by atoms with E-state index in [0.717, 1.165) is 22.1 Å². The second-order valence-corrected chi connectivity index (χ2v) is 9.31. The van der Waals surface area contributed by atoms with Gasteiger partial charge in [0.25, 0.3) is 0 Å². The molecule has 0 fully saturated rings. The first-order valence-electron chi connectivity index (χ1n) is 11.5. The second-order valence-electron chi connectivity index (χ2n) is 8.45. The molecule has 0 saturated heterocycles. The Kier molecular flexibility index (Phi) is 6.41. The Morgan fingerprint density at radius 1 is 0.647 bits per heavy atom. The molecule has 0 radical (unpaired) electrons. The van der Waals surface area contributed by atoms with Crippen LogP contribution in [0.5, 0.6) is 0 Å². The summed E-state index contributed by atoms with van der Waals surface area (Å²) >= 11 is 1.62. The molecule has 4 heteroatoms. The Balaban J connectivity index is 1.29. The average molecular weight is 462 g/mol. The predicted molar refractivity (Wildman–Crippen MR) is 146 cm³/mol. The minimum absolute atomic E-state index is 0.357. The number of nitrogens with zero attached hydrogens (tertiary/aromatic N) is 2. The van der Waals surface area contributed by atoms with Gasteiger partial charge in [-0.15, -0.1) is 11.3 Å². The lowest BCUT2D eigenvalue weighted by Gasteiger charge is -2.29.